The first kappa shape index (κ1) is 15.7. The van der Waals surface area contributed by atoms with Crippen LogP contribution in [0.15, 0.2) is 18.2 Å². The highest BCUT2D eigenvalue weighted by atomic mass is 19.4. The second kappa shape index (κ2) is 4.96. The van der Waals surface area contributed by atoms with Gasteiger partial charge in [-0.3, -0.25) is 9.69 Å². The molecule has 0 N–H and O–H groups in total. The molecule has 1 aromatic carbocycles. The van der Waals surface area contributed by atoms with E-state index in [0.29, 0.717) is 11.1 Å². The molecular formula is C14H18F3NO. The van der Waals surface area contributed by atoms with E-state index < -0.39 is 17.3 Å². The number of rotatable bonds is 3. The monoisotopic (exact) mass is 273 g/mol. The molecule has 0 heterocycles. The number of alkyl halides is 3. The van der Waals surface area contributed by atoms with E-state index in [1.807, 2.05) is 0 Å². The third-order valence-electron chi connectivity index (χ3n) is 3.47. The Labute approximate surface area is 111 Å². The van der Waals surface area contributed by atoms with Crippen LogP contribution in [-0.2, 0) is 6.18 Å². The Balaban J connectivity index is 3.21. The molecule has 5 heteroatoms. The van der Waals surface area contributed by atoms with Gasteiger partial charge in [0.25, 0.3) is 0 Å². The average Bonchev–Trinajstić information content (AvgIpc) is 2.26. The Bertz CT molecular complexity index is 490. The summed E-state index contributed by atoms with van der Waals surface area (Å²) in [7, 11) is 3.52. The third kappa shape index (κ3) is 3.15. The van der Waals surface area contributed by atoms with E-state index in [1.165, 1.54) is 13.0 Å². The van der Waals surface area contributed by atoms with Crippen LogP contribution >= 0.6 is 0 Å². The maximum absolute atomic E-state index is 12.6. The lowest BCUT2D eigenvalue weighted by atomic mass is 9.89. The van der Waals surface area contributed by atoms with Gasteiger partial charge in [-0.25, -0.2) is 0 Å². The topological polar surface area (TPSA) is 20.3 Å². The molecule has 0 aliphatic carbocycles. The second-order valence-corrected chi connectivity index (χ2v) is 5.31. The number of ketones is 1. The van der Waals surface area contributed by atoms with Crippen molar-refractivity contribution in [3.63, 3.8) is 0 Å². The first-order chi connectivity index (χ1) is 8.48. The highest BCUT2D eigenvalue weighted by Crippen LogP contribution is 2.31. The lowest BCUT2D eigenvalue weighted by Gasteiger charge is -2.31. The van der Waals surface area contributed by atoms with Crippen molar-refractivity contribution in [2.24, 2.45) is 0 Å². The van der Waals surface area contributed by atoms with Crippen LogP contribution in [0.2, 0.25) is 0 Å². The van der Waals surface area contributed by atoms with Gasteiger partial charge in [0.15, 0.2) is 5.78 Å². The standard InChI is InChI=1S/C14H18F3NO/c1-9-8-10(14(15,16)17)6-7-11(9)12(19)13(2,3)18(4)5/h6-8H,1-5H3. The Hall–Kier alpha value is -1.36. The fraction of sp³-hybridized carbons (Fsp3) is 0.500. The number of nitrogens with zero attached hydrogens (tertiary/aromatic N) is 1. The number of hydrogen-bond acceptors (Lipinski definition) is 2. The predicted molar refractivity (Wildman–Crippen MR) is 68.3 cm³/mol. The molecule has 2 nitrogen and oxygen atoms in total. The Morgan fingerprint density at radius 3 is 2.05 bits per heavy atom. The van der Waals surface area contributed by atoms with Crippen LogP contribution in [-0.4, -0.2) is 30.3 Å². The molecule has 1 rings (SSSR count). The van der Waals surface area contributed by atoms with E-state index in [2.05, 4.69) is 0 Å². The van der Waals surface area contributed by atoms with Crippen LogP contribution in [0.4, 0.5) is 13.2 Å². The summed E-state index contributed by atoms with van der Waals surface area (Å²) < 4.78 is 37.7. The smallest absolute Gasteiger partial charge is 0.297 e. The van der Waals surface area contributed by atoms with Gasteiger partial charge in [-0.1, -0.05) is 6.07 Å². The first-order valence-electron chi connectivity index (χ1n) is 5.88. The fourth-order valence-electron chi connectivity index (χ4n) is 1.63. The zero-order valence-electron chi connectivity index (χ0n) is 11.7. The van der Waals surface area contributed by atoms with Crippen molar-refractivity contribution in [2.75, 3.05) is 14.1 Å². The molecular weight excluding hydrogens is 255 g/mol. The van der Waals surface area contributed by atoms with Gasteiger partial charge in [0, 0.05) is 5.56 Å². The highest BCUT2D eigenvalue weighted by Gasteiger charge is 2.34. The minimum Gasteiger partial charge on any atom is -0.297 e. The normalized spacial score (nSPS) is 12.9. The van der Waals surface area contributed by atoms with Crippen LogP contribution < -0.4 is 0 Å². The molecule has 0 spiro atoms. The van der Waals surface area contributed by atoms with Gasteiger partial charge >= 0.3 is 6.18 Å². The molecule has 106 valence electrons. The third-order valence-corrected chi connectivity index (χ3v) is 3.47. The van der Waals surface area contributed by atoms with Gasteiger partial charge in [0.2, 0.25) is 0 Å². The molecule has 0 aromatic heterocycles. The average molecular weight is 273 g/mol. The number of Topliss-reactive ketones (excluding diaryl/α,β-unsaturated/α-hetero) is 1. The van der Waals surface area contributed by atoms with Crippen molar-refractivity contribution in [1.29, 1.82) is 0 Å². The molecule has 0 amide bonds. The Morgan fingerprint density at radius 2 is 1.68 bits per heavy atom. The quantitative estimate of drug-likeness (QED) is 0.785. The number of aryl methyl sites for hydroxylation is 1. The van der Waals surface area contributed by atoms with Gasteiger partial charge in [0.1, 0.15) is 0 Å². The van der Waals surface area contributed by atoms with Gasteiger partial charge in [-0.05, 0) is 52.6 Å². The summed E-state index contributed by atoms with van der Waals surface area (Å²) in [6, 6.07) is 3.22. The summed E-state index contributed by atoms with van der Waals surface area (Å²) >= 11 is 0. The maximum atomic E-state index is 12.6. The lowest BCUT2D eigenvalue weighted by Crippen LogP contribution is -2.45. The van der Waals surface area contributed by atoms with E-state index in [1.54, 1.807) is 32.8 Å². The van der Waals surface area contributed by atoms with E-state index in [9.17, 15) is 18.0 Å². The zero-order chi connectivity index (χ0) is 15.0. The number of halogens is 3. The van der Waals surface area contributed by atoms with Crippen molar-refractivity contribution in [3.8, 4) is 0 Å². The molecule has 0 radical (unpaired) electrons. The molecule has 0 atom stereocenters. The van der Waals surface area contributed by atoms with E-state index in [-0.39, 0.29) is 5.78 Å². The SMILES string of the molecule is Cc1cc(C(F)(F)F)ccc1C(=O)C(C)(C)N(C)C. The number of likely N-dealkylation sites (N-methyl/N-ethyl adjacent to an activating group) is 1. The summed E-state index contributed by atoms with van der Waals surface area (Å²) in [6.07, 6.45) is -4.39. The van der Waals surface area contributed by atoms with Crippen LogP contribution in [0.1, 0.15) is 35.3 Å². The fourth-order valence-corrected chi connectivity index (χ4v) is 1.63. The number of carbonyl (C=O) groups excluding carboxylic acids is 1. The summed E-state index contributed by atoms with van der Waals surface area (Å²) in [5.74, 6) is -0.191. The van der Waals surface area contributed by atoms with E-state index in [4.69, 9.17) is 0 Å². The molecule has 0 fully saturated rings. The predicted octanol–water partition coefficient (Wildman–Crippen LogP) is 3.54. The van der Waals surface area contributed by atoms with Crippen molar-refractivity contribution in [3.05, 3.63) is 34.9 Å². The summed E-state index contributed by atoms with van der Waals surface area (Å²) in [4.78, 5) is 14.1. The van der Waals surface area contributed by atoms with Crippen molar-refractivity contribution >= 4 is 5.78 Å². The van der Waals surface area contributed by atoms with Gasteiger partial charge in [-0.15, -0.1) is 0 Å². The van der Waals surface area contributed by atoms with Crippen molar-refractivity contribution in [2.45, 2.75) is 32.5 Å². The van der Waals surface area contributed by atoms with Crippen molar-refractivity contribution in [1.82, 2.24) is 4.90 Å². The molecule has 19 heavy (non-hydrogen) atoms. The van der Waals surface area contributed by atoms with E-state index in [0.717, 1.165) is 12.1 Å². The second-order valence-electron chi connectivity index (χ2n) is 5.31. The van der Waals surface area contributed by atoms with E-state index >= 15 is 0 Å². The largest absolute Gasteiger partial charge is 0.416 e. The molecule has 0 unspecified atom stereocenters. The van der Waals surface area contributed by atoms with Gasteiger partial charge in [0.05, 0.1) is 11.1 Å². The Kier molecular flexibility index (Phi) is 4.10. The maximum Gasteiger partial charge on any atom is 0.416 e. The number of hydrogen-bond donors (Lipinski definition) is 0. The molecule has 0 aliphatic rings. The first-order valence-corrected chi connectivity index (χ1v) is 5.88. The number of carbonyl (C=O) groups is 1. The van der Waals surface area contributed by atoms with Crippen LogP contribution in [0, 0.1) is 6.92 Å². The molecule has 0 saturated heterocycles. The highest BCUT2D eigenvalue weighted by molar-refractivity contribution is 6.03. The molecule has 0 aliphatic heterocycles. The number of benzene rings is 1. The Morgan fingerprint density at radius 1 is 1.16 bits per heavy atom. The summed E-state index contributed by atoms with van der Waals surface area (Å²) in [5.41, 5.74) is -0.824. The molecule has 0 bridgehead atoms. The molecule has 0 saturated carbocycles. The summed E-state index contributed by atoms with van der Waals surface area (Å²) in [5, 5.41) is 0. The molecule has 1 aromatic rings. The van der Waals surface area contributed by atoms with Crippen LogP contribution in [0.5, 0.6) is 0 Å². The summed E-state index contributed by atoms with van der Waals surface area (Å²) in [6.45, 7) is 5.01. The van der Waals surface area contributed by atoms with Gasteiger partial charge < -0.3 is 0 Å². The minimum absolute atomic E-state index is 0.191. The van der Waals surface area contributed by atoms with Crippen LogP contribution in [0.25, 0.3) is 0 Å². The van der Waals surface area contributed by atoms with Crippen LogP contribution in [0.3, 0.4) is 0 Å². The van der Waals surface area contributed by atoms with Gasteiger partial charge in [-0.2, -0.15) is 13.2 Å². The minimum atomic E-state index is -4.39. The lowest BCUT2D eigenvalue weighted by molar-refractivity contribution is -0.137. The van der Waals surface area contributed by atoms with Crippen molar-refractivity contribution < 1.29 is 18.0 Å². The zero-order valence-corrected chi connectivity index (χ0v) is 11.7.